The molecule has 2 nitrogen and oxygen atoms in total. The van der Waals surface area contributed by atoms with E-state index in [1.807, 2.05) is 32.0 Å². The molecule has 2 rings (SSSR count). The van der Waals surface area contributed by atoms with Crippen LogP contribution in [0.4, 0.5) is 10.1 Å². The third-order valence-corrected chi connectivity index (χ3v) is 3.79. The Kier molecular flexibility index (Phi) is 5.02. The van der Waals surface area contributed by atoms with E-state index in [-0.39, 0.29) is 10.8 Å². The van der Waals surface area contributed by atoms with Crippen molar-refractivity contribution < 1.29 is 9.18 Å². The zero-order valence-corrected chi connectivity index (χ0v) is 13.0. The molecule has 0 saturated carbocycles. The van der Waals surface area contributed by atoms with Crippen LogP contribution in [0.2, 0.25) is 0 Å². The molecule has 0 saturated heterocycles. The van der Waals surface area contributed by atoms with Gasteiger partial charge >= 0.3 is 0 Å². The fraction of sp³-hybridized carbons (Fsp3) is 0.235. The van der Waals surface area contributed by atoms with Crippen molar-refractivity contribution in [2.24, 2.45) is 0 Å². The van der Waals surface area contributed by atoms with Crippen LogP contribution in [0.25, 0.3) is 0 Å². The van der Waals surface area contributed by atoms with E-state index in [0.29, 0.717) is 5.56 Å². The highest BCUT2D eigenvalue weighted by Crippen LogP contribution is 2.24. The summed E-state index contributed by atoms with van der Waals surface area (Å²) in [6.45, 7) is 4.10. The highest BCUT2D eigenvalue weighted by Gasteiger charge is 2.12. The van der Waals surface area contributed by atoms with Gasteiger partial charge < -0.3 is 5.32 Å². The van der Waals surface area contributed by atoms with Crippen LogP contribution in [0, 0.1) is 5.82 Å². The molecule has 0 unspecified atom stereocenters. The monoisotopic (exact) mass is 303 g/mol. The predicted octanol–water partition coefficient (Wildman–Crippen LogP) is 4.49. The summed E-state index contributed by atoms with van der Waals surface area (Å²) in [5.41, 5.74) is 3.44. The van der Waals surface area contributed by atoms with Crippen LogP contribution in [-0.2, 0) is 12.8 Å². The number of anilines is 1. The van der Waals surface area contributed by atoms with Crippen molar-refractivity contribution in [1.82, 2.24) is 0 Å². The summed E-state index contributed by atoms with van der Waals surface area (Å²) in [5, 5.41) is 2.95. The Hall–Kier alpha value is -1.81. The maximum absolute atomic E-state index is 13.2. The largest absolute Gasteiger partial charge is 0.321 e. The molecular weight excluding hydrogens is 285 g/mol. The molecule has 0 aromatic heterocycles. The molecule has 0 spiro atoms. The molecule has 2 aromatic carbocycles. The highest BCUT2D eigenvalue weighted by molar-refractivity contribution is 7.80. The van der Waals surface area contributed by atoms with Crippen LogP contribution < -0.4 is 5.32 Å². The summed E-state index contributed by atoms with van der Waals surface area (Å²) in [4.78, 5) is 12.5. The summed E-state index contributed by atoms with van der Waals surface area (Å²) >= 11 is 4.01. The van der Waals surface area contributed by atoms with Crippen LogP contribution in [-0.4, -0.2) is 5.91 Å². The summed E-state index contributed by atoms with van der Waals surface area (Å²) < 4.78 is 13.2. The molecule has 2 aromatic rings. The van der Waals surface area contributed by atoms with Gasteiger partial charge in [0.05, 0.1) is 0 Å². The van der Waals surface area contributed by atoms with Gasteiger partial charge in [-0.3, -0.25) is 4.79 Å². The molecule has 21 heavy (non-hydrogen) atoms. The van der Waals surface area contributed by atoms with E-state index < -0.39 is 5.82 Å². The van der Waals surface area contributed by atoms with Crippen molar-refractivity contribution in [2.45, 2.75) is 31.6 Å². The number of benzene rings is 2. The number of rotatable bonds is 4. The van der Waals surface area contributed by atoms with E-state index in [4.69, 9.17) is 0 Å². The zero-order chi connectivity index (χ0) is 15.4. The van der Waals surface area contributed by atoms with Crippen molar-refractivity contribution in [2.75, 3.05) is 5.32 Å². The van der Waals surface area contributed by atoms with Gasteiger partial charge in [0.1, 0.15) is 5.82 Å². The Balaban J connectivity index is 2.33. The topological polar surface area (TPSA) is 29.1 Å². The minimum atomic E-state index is -0.432. The number of thiol groups is 1. The van der Waals surface area contributed by atoms with Crippen molar-refractivity contribution in [3.63, 3.8) is 0 Å². The van der Waals surface area contributed by atoms with Gasteiger partial charge in [-0.15, -0.1) is 12.6 Å². The molecular formula is C17H18FNOS. The minimum absolute atomic E-state index is 0.169. The number of hydrogen-bond donors (Lipinski definition) is 2. The van der Waals surface area contributed by atoms with Crippen LogP contribution in [0.15, 0.2) is 41.3 Å². The summed E-state index contributed by atoms with van der Waals surface area (Å²) in [7, 11) is 0. The molecule has 0 fully saturated rings. The van der Waals surface area contributed by atoms with E-state index in [0.717, 1.165) is 29.7 Å². The number of carbonyl (C=O) groups is 1. The normalized spacial score (nSPS) is 10.5. The second kappa shape index (κ2) is 6.76. The highest BCUT2D eigenvalue weighted by atomic mass is 32.1. The standard InChI is InChI=1S/C17H18FNOS/c1-3-11-6-5-7-12(4-2)16(11)19-17(20)13-8-9-14(18)15(21)10-13/h5-10,21H,3-4H2,1-2H3,(H,19,20). The molecule has 0 aliphatic heterocycles. The summed E-state index contributed by atoms with van der Waals surface area (Å²) in [6, 6.07) is 10.2. The van der Waals surface area contributed by atoms with Crippen LogP contribution in [0.5, 0.6) is 0 Å². The van der Waals surface area contributed by atoms with Gasteiger partial charge in [0.25, 0.3) is 5.91 Å². The Morgan fingerprint density at radius 3 is 2.29 bits per heavy atom. The third kappa shape index (κ3) is 3.45. The summed E-state index contributed by atoms with van der Waals surface area (Å²) in [6.07, 6.45) is 1.68. The quantitative estimate of drug-likeness (QED) is 0.801. The van der Waals surface area contributed by atoms with Crippen molar-refractivity contribution >= 4 is 24.2 Å². The van der Waals surface area contributed by atoms with Gasteiger partial charge in [-0.2, -0.15) is 0 Å². The second-order valence-corrected chi connectivity index (χ2v) is 5.26. The second-order valence-electron chi connectivity index (χ2n) is 4.78. The first-order chi connectivity index (χ1) is 10.1. The van der Waals surface area contributed by atoms with Gasteiger partial charge in [-0.1, -0.05) is 32.0 Å². The Labute approximate surface area is 129 Å². The Bertz CT molecular complexity index is 648. The van der Waals surface area contributed by atoms with E-state index in [2.05, 4.69) is 17.9 Å². The average Bonchev–Trinajstić information content (AvgIpc) is 2.50. The number of para-hydroxylation sites is 1. The lowest BCUT2D eigenvalue weighted by Gasteiger charge is -2.14. The number of nitrogens with one attached hydrogen (secondary N) is 1. The fourth-order valence-electron chi connectivity index (χ4n) is 2.24. The number of hydrogen-bond acceptors (Lipinski definition) is 2. The maximum atomic E-state index is 13.2. The molecule has 4 heteroatoms. The lowest BCUT2D eigenvalue weighted by atomic mass is 10.0. The van der Waals surface area contributed by atoms with E-state index in [9.17, 15) is 9.18 Å². The first-order valence-electron chi connectivity index (χ1n) is 6.97. The van der Waals surface area contributed by atoms with Gasteiger partial charge in [0.15, 0.2) is 0 Å². The van der Waals surface area contributed by atoms with Crippen LogP contribution in [0.1, 0.15) is 35.3 Å². The molecule has 110 valence electrons. The number of amides is 1. The van der Waals surface area contributed by atoms with Crippen molar-refractivity contribution in [1.29, 1.82) is 0 Å². The number of halogens is 1. The van der Waals surface area contributed by atoms with E-state index in [1.165, 1.54) is 18.2 Å². The number of carbonyl (C=O) groups excluding carboxylic acids is 1. The van der Waals surface area contributed by atoms with E-state index in [1.54, 1.807) is 0 Å². The molecule has 1 N–H and O–H groups in total. The molecule has 0 bridgehead atoms. The van der Waals surface area contributed by atoms with Crippen LogP contribution >= 0.6 is 12.6 Å². The Morgan fingerprint density at radius 1 is 1.14 bits per heavy atom. The summed E-state index contributed by atoms with van der Waals surface area (Å²) in [5.74, 6) is -0.681. The SMILES string of the molecule is CCc1cccc(CC)c1NC(=O)c1ccc(F)c(S)c1. The van der Waals surface area contributed by atoms with Gasteiger partial charge in [-0.25, -0.2) is 4.39 Å². The smallest absolute Gasteiger partial charge is 0.255 e. The molecule has 0 aliphatic carbocycles. The van der Waals surface area contributed by atoms with E-state index >= 15 is 0 Å². The lowest BCUT2D eigenvalue weighted by Crippen LogP contribution is -2.15. The molecule has 0 atom stereocenters. The van der Waals surface area contributed by atoms with Crippen molar-refractivity contribution in [3.05, 3.63) is 58.9 Å². The molecule has 1 amide bonds. The first-order valence-corrected chi connectivity index (χ1v) is 7.42. The minimum Gasteiger partial charge on any atom is -0.321 e. The van der Waals surface area contributed by atoms with Crippen LogP contribution in [0.3, 0.4) is 0 Å². The maximum Gasteiger partial charge on any atom is 0.255 e. The lowest BCUT2D eigenvalue weighted by molar-refractivity contribution is 0.102. The van der Waals surface area contributed by atoms with Gasteiger partial charge in [-0.05, 0) is 42.2 Å². The van der Waals surface area contributed by atoms with Gasteiger partial charge in [0, 0.05) is 16.1 Å². The van der Waals surface area contributed by atoms with Gasteiger partial charge in [0.2, 0.25) is 0 Å². The third-order valence-electron chi connectivity index (χ3n) is 3.45. The predicted molar refractivity (Wildman–Crippen MR) is 86.8 cm³/mol. The zero-order valence-electron chi connectivity index (χ0n) is 12.1. The molecule has 0 radical (unpaired) electrons. The van der Waals surface area contributed by atoms with Crippen molar-refractivity contribution in [3.8, 4) is 0 Å². The first kappa shape index (κ1) is 15.6. The Morgan fingerprint density at radius 2 is 1.76 bits per heavy atom. The molecule has 0 heterocycles. The molecule has 0 aliphatic rings. The number of aryl methyl sites for hydroxylation is 2. The average molecular weight is 303 g/mol. The fourth-order valence-corrected chi connectivity index (χ4v) is 2.46.